The second-order valence-electron chi connectivity index (χ2n) is 3.12. The van der Waals surface area contributed by atoms with E-state index in [0.717, 1.165) is 0 Å². The SMILES string of the molecule is CCC(C)(C(N)=O)c1csc(N)n1. The molecular formula is C8H13N3OS. The number of nitrogen functional groups attached to an aromatic ring is 1. The Balaban J connectivity index is 3.09. The monoisotopic (exact) mass is 199 g/mol. The maximum atomic E-state index is 11.2. The third kappa shape index (κ3) is 1.65. The van der Waals surface area contributed by atoms with Crippen LogP contribution in [0.4, 0.5) is 5.13 Å². The average Bonchev–Trinajstić information content (AvgIpc) is 2.50. The zero-order valence-corrected chi connectivity index (χ0v) is 8.52. The van der Waals surface area contributed by atoms with Gasteiger partial charge in [-0.15, -0.1) is 11.3 Å². The first kappa shape index (κ1) is 9.98. The number of rotatable bonds is 3. The summed E-state index contributed by atoms with van der Waals surface area (Å²) >= 11 is 1.32. The molecule has 13 heavy (non-hydrogen) atoms. The van der Waals surface area contributed by atoms with Gasteiger partial charge in [-0.05, 0) is 13.3 Å². The number of anilines is 1. The Hall–Kier alpha value is -1.10. The van der Waals surface area contributed by atoms with E-state index in [0.29, 0.717) is 17.2 Å². The Kier molecular flexibility index (Phi) is 2.56. The largest absolute Gasteiger partial charge is 0.375 e. The number of carbonyl (C=O) groups excluding carboxylic acids is 1. The number of primary amides is 1. The molecule has 5 heteroatoms. The van der Waals surface area contributed by atoms with Crippen molar-refractivity contribution in [2.75, 3.05) is 5.73 Å². The van der Waals surface area contributed by atoms with Gasteiger partial charge in [-0.2, -0.15) is 0 Å². The number of carbonyl (C=O) groups is 1. The van der Waals surface area contributed by atoms with Crippen LogP contribution in [0.2, 0.25) is 0 Å². The minimum absolute atomic E-state index is 0.361. The molecule has 0 aliphatic rings. The van der Waals surface area contributed by atoms with E-state index in [1.165, 1.54) is 11.3 Å². The van der Waals surface area contributed by atoms with E-state index >= 15 is 0 Å². The molecule has 0 bridgehead atoms. The highest BCUT2D eigenvalue weighted by Crippen LogP contribution is 2.28. The summed E-state index contributed by atoms with van der Waals surface area (Å²) in [7, 11) is 0. The predicted octanol–water partition coefficient (Wildman–Crippen LogP) is 0.878. The normalized spacial score (nSPS) is 15.2. The molecule has 0 aromatic carbocycles. The first-order valence-electron chi connectivity index (χ1n) is 4.02. The molecule has 4 nitrogen and oxygen atoms in total. The van der Waals surface area contributed by atoms with Crippen LogP contribution in [0.3, 0.4) is 0 Å². The highest BCUT2D eigenvalue weighted by molar-refractivity contribution is 7.13. The summed E-state index contributed by atoms with van der Waals surface area (Å²) in [5.74, 6) is -0.361. The molecule has 1 unspecified atom stereocenters. The molecule has 0 saturated carbocycles. The fourth-order valence-electron chi connectivity index (χ4n) is 1.02. The zero-order chi connectivity index (χ0) is 10.1. The minimum Gasteiger partial charge on any atom is -0.375 e. The van der Waals surface area contributed by atoms with Crippen LogP contribution in [0.5, 0.6) is 0 Å². The molecule has 72 valence electrons. The van der Waals surface area contributed by atoms with Crippen LogP contribution in [0, 0.1) is 0 Å². The van der Waals surface area contributed by atoms with Gasteiger partial charge in [0.1, 0.15) is 0 Å². The molecule has 4 N–H and O–H groups in total. The van der Waals surface area contributed by atoms with Gasteiger partial charge in [0.05, 0.1) is 11.1 Å². The van der Waals surface area contributed by atoms with Crippen LogP contribution in [-0.4, -0.2) is 10.9 Å². The first-order chi connectivity index (χ1) is 6.00. The second kappa shape index (κ2) is 3.33. The number of hydrogen-bond acceptors (Lipinski definition) is 4. The number of amides is 1. The molecule has 1 aromatic rings. The van der Waals surface area contributed by atoms with Crippen LogP contribution in [0.1, 0.15) is 26.0 Å². The number of aromatic nitrogens is 1. The van der Waals surface area contributed by atoms with Crippen LogP contribution < -0.4 is 11.5 Å². The molecule has 0 aliphatic heterocycles. The third-order valence-corrected chi connectivity index (χ3v) is 3.01. The van der Waals surface area contributed by atoms with Crippen molar-refractivity contribution in [3.05, 3.63) is 11.1 Å². The Morgan fingerprint density at radius 1 is 1.77 bits per heavy atom. The van der Waals surface area contributed by atoms with Gasteiger partial charge in [0, 0.05) is 5.38 Å². The van der Waals surface area contributed by atoms with Crippen molar-refractivity contribution >= 4 is 22.4 Å². The van der Waals surface area contributed by atoms with Crippen molar-refractivity contribution in [3.63, 3.8) is 0 Å². The van der Waals surface area contributed by atoms with Gasteiger partial charge in [0.2, 0.25) is 5.91 Å². The van der Waals surface area contributed by atoms with Crippen LogP contribution in [0.25, 0.3) is 0 Å². The fourth-order valence-corrected chi connectivity index (χ4v) is 1.72. The van der Waals surface area contributed by atoms with Gasteiger partial charge in [-0.3, -0.25) is 4.79 Å². The van der Waals surface area contributed by atoms with E-state index in [4.69, 9.17) is 11.5 Å². The van der Waals surface area contributed by atoms with E-state index in [9.17, 15) is 4.79 Å². The molecule has 1 aromatic heterocycles. The van der Waals surface area contributed by atoms with Crippen molar-refractivity contribution in [3.8, 4) is 0 Å². The van der Waals surface area contributed by atoms with E-state index in [1.54, 1.807) is 12.3 Å². The number of hydrogen-bond donors (Lipinski definition) is 2. The minimum atomic E-state index is -0.686. The molecule has 0 spiro atoms. The maximum absolute atomic E-state index is 11.2. The van der Waals surface area contributed by atoms with Crippen molar-refractivity contribution in [2.45, 2.75) is 25.7 Å². The Bertz CT molecular complexity index is 323. The summed E-state index contributed by atoms with van der Waals surface area (Å²) in [6, 6.07) is 0. The molecule has 1 atom stereocenters. The van der Waals surface area contributed by atoms with Crippen molar-refractivity contribution < 1.29 is 4.79 Å². The van der Waals surface area contributed by atoms with Crippen molar-refractivity contribution in [1.82, 2.24) is 4.98 Å². The summed E-state index contributed by atoms with van der Waals surface area (Å²) < 4.78 is 0. The van der Waals surface area contributed by atoms with Gasteiger partial charge >= 0.3 is 0 Å². The Morgan fingerprint density at radius 2 is 2.38 bits per heavy atom. The molecular weight excluding hydrogens is 186 g/mol. The van der Waals surface area contributed by atoms with Crippen LogP contribution in [0.15, 0.2) is 5.38 Å². The van der Waals surface area contributed by atoms with E-state index in [2.05, 4.69) is 4.98 Å². The summed E-state index contributed by atoms with van der Waals surface area (Å²) in [5, 5.41) is 2.25. The van der Waals surface area contributed by atoms with Crippen molar-refractivity contribution in [1.29, 1.82) is 0 Å². The van der Waals surface area contributed by atoms with Gasteiger partial charge in [-0.25, -0.2) is 4.98 Å². The third-order valence-electron chi connectivity index (χ3n) is 2.34. The van der Waals surface area contributed by atoms with Crippen LogP contribution >= 0.6 is 11.3 Å². The highest BCUT2D eigenvalue weighted by atomic mass is 32.1. The van der Waals surface area contributed by atoms with Gasteiger partial charge < -0.3 is 11.5 Å². The van der Waals surface area contributed by atoms with Gasteiger partial charge in [-0.1, -0.05) is 6.92 Å². The smallest absolute Gasteiger partial charge is 0.229 e. The summed E-state index contributed by atoms with van der Waals surface area (Å²) in [5.41, 5.74) is 10.8. The average molecular weight is 199 g/mol. The van der Waals surface area contributed by atoms with E-state index in [-0.39, 0.29) is 5.91 Å². The molecule has 1 amide bonds. The lowest BCUT2D eigenvalue weighted by molar-refractivity contribution is -0.123. The first-order valence-corrected chi connectivity index (χ1v) is 4.90. The van der Waals surface area contributed by atoms with Crippen molar-refractivity contribution in [2.24, 2.45) is 5.73 Å². The lowest BCUT2D eigenvalue weighted by atomic mass is 9.84. The van der Waals surface area contributed by atoms with E-state index < -0.39 is 5.41 Å². The van der Waals surface area contributed by atoms with Gasteiger partial charge in [0.15, 0.2) is 5.13 Å². The second-order valence-corrected chi connectivity index (χ2v) is 4.01. The Labute approximate surface area is 81.0 Å². The Morgan fingerprint density at radius 3 is 2.69 bits per heavy atom. The molecule has 0 fully saturated rings. The summed E-state index contributed by atoms with van der Waals surface area (Å²) in [4.78, 5) is 15.3. The number of nitrogens with two attached hydrogens (primary N) is 2. The lowest BCUT2D eigenvalue weighted by Gasteiger charge is -2.21. The molecule has 0 aliphatic carbocycles. The highest BCUT2D eigenvalue weighted by Gasteiger charge is 2.33. The zero-order valence-electron chi connectivity index (χ0n) is 7.70. The predicted molar refractivity (Wildman–Crippen MR) is 53.4 cm³/mol. The number of thiazole rings is 1. The van der Waals surface area contributed by atoms with Crippen LogP contribution in [-0.2, 0) is 10.2 Å². The lowest BCUT2D eigenvalue weighted by Crippen LogP contribution is -2.38. The molecule has 0 saturated heterocycles. The summed E-state index contributed by atoms with van der Waals surface area (Å²) in [6.45, 7) is 3.68. The maximum Gasteiger partial charge on any atom is 0.229 e. The summed E-state index contributed by atoms with van der Waals surface area (Å²) in [6.07, 6.45) is 0.630. The molecule has 1 rings (SSSR count). The number of nitrogens with zero attached hydrogens (tertiary/aromatic N) is 1. The van der Waals surface area contributed by atoms with Gasteiger partial charge in [0.25, 0.3) is 0 Å². The molecule has 1 heterocycles. The fraction of sp³-hybridized carbons (Fsp3) is 0.500. The van der Waals surface area contributed by atoms with E-state index in [1.807, 2.05) is 6.92 Å². The standard InChI is InChI=1S/C8H13N3OS/c1-3-8(2,6(9)12)5-4-13-7(10)11-5/h4H,3H2,1-2H3,(H2,9,12)(H2,10,11). The quantitative estimate of drug-likeness (QED) is 0.758. The molecule has 0 radical (unpaired) electrons. The topological polar surface area (TPSA) is 82.0 Å².